The molecule has 0 spiro atoms. The average molecular weight is 522 g/mol. The molecule has 0 aromatic heterocycles. The van der Waals surface area contributed by atoms with E-state index in [0.717, 1.165) is 23.8 Å². The lowest BCUT2D eigenvalue weighted by Crippen LogP contribution is -2.49. The first kappa shape index (κ1) is 28.7. The minimum atomic E-state index is -3.57. The van der Waals surface area contributed by atoms with E-state index in [1.54, 1.807) is 36.1 Å². The Morgan fingerprint density at radius 3 is 2.37 bits per heavy atom. The number of nitrogens with zero attached hydrogens (tertiary/aromatic N) is 2. The number of anilines is 1. The van der Waals surface area contributed by atoms with Gasteiger partial charge in [0.25, 0.3) is 0 Å². The molecule has 0 heterocycles. The zero-order valence-electron chi connectivity index (χ0n) is 21.1. The summed E-state index contributed by atoms with van der Waals surface area (Å²) in [6.45, 7) is 8.02. The number of benzene rings is 2. The molecule has 2 atom stereocenters. The fraction of sp³-hybridized carbons (Fsp3) is 0.462. The minimum Gasteiger partial charge on any atom is -0.352 e. The Kier molecular flexibility index (Phi) is 10.6. The summed E-state index contributed by atoms with van der Waals surface area (Å²) < 4.78 is 26.0. The van der Waals surface area contributed by atoms with Crippen LogP contribution in [0.25, 0.3) is 0 Å². The highest BCUT2D eigenvalue weighted by molar-refractivity contribution is 7.92. The Morgan fingerprint density at radius 1 is 1.09 bits per heavy atom. The molecule has 0 radical (unpaired) electrons. The molecule has 0 aliphatic carbocycles. The standard InChI is InChI=1S/C26H36ClN3O4S/c1-6-20(3)28-26(32)21(4)29(18-22-12-8-7-11-19(22)2)25(31)15-10-16-30(35(5,33)34)24-14-9-13-23(27)17-24/h7-9,11-14,17,20-21H,6,10,15-16,18H2,1-5H3,(H,28,32). The highest BCUT2D eigenvalue weighted by atomic mass is 35.5. The third kappa shape index (κ3) is 8.54. The number of rotatable bonds is 12. The van der Waals surface area contributed by atoms with Crippen molar-refractivity contribution < 1.29 is 18.0 Å². The van der Waals surface area contributed by atoms with Crippen LogP contribution in [0.1, 0.15) is 51.2 Å². The van der Waals surface area contributed by atoms with Gasteiger partial charge in [-0.1, -0.05) is 48.9 Å². The summed E-state index contributed by atoms with van der Waals surface area (Å²) in [6, 6.07) is 13.7. The van der Waals surface area contributed by atoms with E-state index in [-0.39, 0.29) is 30.8 Å². The van der Waals surface area contributed by atoms with Gasteiger partial charge in [-0.2, -0.15) is 0 Å². The Morgan fingerprint density at radius 2 is 1.77 bits per heavy atom. The molecule has 2 amide bonds. The Balaban J connectivity index is 2.19. The van der Waals surface area contributed by atoms with Crippen LogP contribution in [0.15, 0.2) is 48.5 Å². The fourth-order valence-electron chi connectivity index (χ4n) is 3.65. The molecule has 0 bridgehead atoms. The second-order valence-corrected chi connectivity index (χ2v) is 11.2. The highest BCUT2D eigenvalue weighted by Crippen LogP contribution is 2.23. The van der Waals surface area contributed by atoms with E-state index in [1.807, 2.05) is 45.0 Å². The topological polar surface area (TPSA) is 86.8 Å². The van der Waals surface area contributed by atoms with Crippen LogP contribution < -0.4 is 9.62 Å². The fourth-order valence-corrected chi connectivity index (χ4v) is 4.80. The summed E-state index contributed by atoms with van der Waals surface area (Å²) in [6.07, 6.45) is 2.30. The van der Waals surface area contributed by atoms with Crippen molar-refractivity contribution >= 4 is 39.1 Å². The van der Waals surface area contributed by atoms with Gasteiger partial charge in [-0.15, -0.1) is 0 Å². The van der Waals surface area contributed by atoms with Crippen molar-refractivity contribution in [1.29, 1.82) is 0 Å². The molecule has 0 aliphatic rings. The molecule has 0 fully saturated rings. The Labute approximate surface area is 214 Å². The summed E-state index contributed by atoms with van der Waals surface area (Å²) >= 11 is 6.05. The lowest BCUT2D eigenvalue weighted by Gasteiger charge is -2.30. The molecule has 9 heteroatoms. The minimum absolute atomic E-state index is 0.00128. The molecule has 0 saturated heterocycles. The number of carbonyl (C=O) groups is 2. The van der Waals surface area contributed by atoms with Crippen molar-refractivity contribution in [2.45, 2.75) is 65.6 Å². The number of aryl methyl sites for hydroxylation is 1. The molecule has 1 N–H and O–H groups in total. The van der Waals surface area contributed by atoms with E-state index in [1.165, 1.54) is 4.31 Å². The van der Waals surface area contributed by atoms with Crippen LogP contribution in [0.4, 0.5) is 5.69 Å². The van der Waals surface area contributed by atoms with Crippen molar-refractivity contribution in [1.82, 2.24) is 10.2 Å². The average Bonchev–Trinajstić information content (AvgIpc) is 2.79. The van der Waals surface area contributed by atoms with E-state index in [9.17, 15) is 18.0 Å². The zero-order chi connectivity index (χ0) is 26.2. The van der Waals surface area contributed by atoms with Gasteiger partial charge in [-0.3, -0.25) is 13.9 Å². The van der Waals surface area contributed by atoms with Crippen LogP contribution in [0.3, 0.4) is 0 Å². The number of halogens is 1. The number of sulfonamides is 1. The highest BCUT2D eigenvalue weighted by Gasteiger charge is 2.27. The zero-order valence-corrected chi connectivity index (χ0v) is 22.7. The van der Waals surface area contributed by atoms with Gasteiger partial charge < -0.3 is 10.2 Å². The predicted molar refractivity (Wildman–Crippen MR) is 142 cm³/mol. The lowest BCUT2D eigenvalue weighted by molar-refractivity contribution is -0.140. The first-order chi connectivity index (χ1) is 16.4. The normalized spacial score (nSPS) is 13.1. The number of carbonyl (C=O) groups excluding carboxylic acids is 2. The van der Waals surface area contributed by atoms with Gasteiger partial charge in [0.2, 0.25) is 21.8 Å². The second kappa shape index (κ2) is 12.9. The predicted octanol–water partition coefficient (Wildman–Crippen LogP) is 4.53. The Hall–Kier alpha value is -2.58. The van der Waals surface area contributed by atoms with E-state index in [2.05, 4.69) is 5.32 Å². The maximum atomic E-state index is 13.3. The number of amides is 2. The van der Waals surface area contributed by atoms with Gasteiger partial charge in [-0.05, 0) is 62.9 Å². The Bertz CT molecular complexity index is 1120. The van der Waals surface area contributed by atoms with Crippen LogP contribution in [0.5, 0.6) is 0 Å². The van der Waals surface area contributed by atoms with Crippen LogP contribution in [0.2, 0.25) is 5.02 Å². The number of nitrogens with one attached hydrogen (secondary N) is 1. The summed E-state index contributed by atoms with van der Waals surface area (Å²) in [5.41, 5.74) is 2.44. The summed E-state index contributed by atoms with van der Waals surface area (Å²) in [7, 11) is -3.57. The summed E-state index contributed by atoms with van der Waals surface area (Å²) in [5, 5.41) is 3.38. The first-order valence-electron chi connectivity index (χ1n) is 11.8. The van der Waals surface area contributed by atoms with Gasteiger partial charge in [0, 0.05) is 30.6 Å². The maximum Gasteiger partial charge on any atom is 0.242 e. The molecule has 2 rings (SSSR count). The second-order valence-electron chi connectivity index (χ2n) is 8.86. The van der Waals surface area contributed by atoms with Crippen molar-refractivity contribution in [3.63, 3.8) is 0 Å². The maximum absolute atomic E-state index is 13.3. The van der Waals surface area contributed by atoms with Crippen molar-refractivity contribution in [3.05, 3.63) is 64.7 Å². The SMILES string of the molecule is CCC(C)NC(=O)C(C)N(Cc1ccccc1C)C(=O)CCCN(c1cccc(Cl)c1)S(C)(=O)=O. The van der Waals surface area contributed by atoms with Crippen LogP contribution in [0, 0.1) is 6.92 Å². The monoisotopic (exact) mass is 521 g/mol. The third-order valence-electron chi connectivity index (χ3n) is 6.02. The first-order valence-corrected chi connectivity index (χ1v) is 14.0. The molecule has 2 aromatic carbocycles. The largest absolute Gasteiger partial charge is 0.352 e. The third-order valence-corrected chi connectivity index (χ3v) is 7.45. The molecule has 2 aromatic rings. The van der Waals surface area contributed by atoms with Crippen molar-refractivity contribution in [2.24, 2.45) is 0 Å². The van der Waals surface area contributed by atoms with E-state index >= 15 is 0 Å². The van der Waals surface area contributed by atoms with Gasteiger partial charge in [0.15, 0.2) is 0 Å². The van der Waals surface area contributed by atoms with E-state index in [0.29, 0.717) is 23.7 Å². The van der Waals surface area contributed by atoms with Crippen LogP contribution in [-0.4, -0.2) is 50.0 Å². The quantitative estimate of drug-likeness (QED) is 0.444. The molecule has 0 aliphatic heterocycles. The van der Waals surface area contributed by atoms with Gasteiger partial charge in [-0.25, -0.2) is 8.42 Å². The molecule has 2 unspecified atom stereocenters. The molecule has 35 heavy (non-hydrogen) atoms. The van der Waals surface area contributed by atoms with Gasteiger partial charge in [0.1, 0.15) is 6.04 Å². The molecular formula is C26H36ClN3O4S. The van der Waals surface area contributed by atoms with Crippen molar-refractivity contribution in [2.75, 3.05) is 17.1 Å². The molecule has 0 saturated carbocycles. The summed E-state index contributed by atoms with van der Waals surface area (Å²) in [4.78, 5) is 27.8. The van der Waals surface area contributed by atoms with Gasteiger partial charge >= 0.3 is 0 Å². The molecular weight excluding hydrogens is 486 g/mol. The smallest absolute Gasteiger partial charge is 0.242 e. The number of hydrogen-bond acceptors (Lipinski definition) is 4. The molecule has 192 valence electrons. The van der Waals surface area contributed by atoms with E-state index < -0.39 is 16.1 Å². The van der Waals surface area contributed by atoms with Crippen LogP contribution >= 0.6 is 11.6 Å². The van der Waals surface area contributed by atoms with Crippen molar-refractivity contribution in [3.8, 4) is 0 Å². The molecule has 7 nitrogen and oxygen atoms in total. The summed E-state index contributed by atoms with van der Waals surface area (Å²) in [5.74, 6) is -0.419. The van der Waals surface area contributed by atoms with Gasteiger partial charge in [0.05, 0.1) is 11.9 Å². The van der Waals surface area contributed by atoms with Crippen LogP contribution in [-0.2, 0) is 26.2 Å². The number of hydrogen-bond donors (Lipinski definition) is 1. The van der Waals surface area contributed by atoms with E-state index in [4.69, 9.17) is 11.6 Å². The lowest BCUT2D eigenvalue weighted by atomic mass is 10.1.